The van der Waals surface area contributed by atoms with Crippen LogP contribution in [0.1, 0.15) is 23.2 Å². The number of aromatic nitrogens is 1. The minimum Gasteiger partial charge on any atom is -0.381 e. The van der Waals surface area contributed by atoms with Gasteiger partial charge in [0.2, 0.25) is 5.91 Å². The number of carbonyl (C=O) groups excluding carboxylic acids is 2. The molecule has 0 spiro atoms. The van der Waals surface area contributed by atoms with E-state index in [1.807, 2.05) is 0 Å². The molecule has 0 radical (unpaired) electrons. The minimum absolute atomic E-state index is 0.134. The molecule has 0 saturated carbocycles. The van der Waals surface area contributed by atoms with E-state index in [4.69, 9.17) is 10.5 Å². The predicted octanol–water partition coefficient (Wildman–Crippen LogP) is 2.03. The molecule has 136 valence electrons. The number of amides is 2. The number of nitrogens with two attached hydrogens (primary N) is 1. The van der Waals surface area contributed by atoms with Crippen molar-refractivity contribution in [2.75, 3.05) is 30.4 Å². The molecule has 7 nitrogen and oxygen atoms in total. The summed E-state index contributed by atoms with van der Waals surface area (Å²) in [5.74, 6) is 0.0428. The predicted molar refractivity (Wildman–Crippen MR) is 98.8 cm³/mol. The van der Waals surface area contributed by atoms with Gasteiger partial charge in [-0.3, -0.25) is 9.59 Å². The molecule has 1 aromatic heterocycles. The number of benzene rings is 1. The topological polar surface area (TPSA) is 106 Å². The lowest BCUT2D eigenvalue weighted by Crippen LogP contribution is -2.46. The fourth-order valence-electron chi connectivity index (χ4n) is 2.91. The van der Waals surface area contributed by atoms with Gasteiger partial charge in [-0.15, -0.1) is 0 Å². The lowest BCUT2D eigenvalue weighted by molar-refractivity contribution is -0.130. The molecule has 0 bridgehead atoms. The molecular weight excluding hydrogens is 332 g/mol. The molecule has 3 rings (SSSR count). The number of hydrogen-bond donors (Lipinski definition) is 3. The summed E-state index contributed by atoms with van der Waals surface area (Å²) in [5.41, 5.74) is 6.24. The van der Waals surface area contributed by atoms with Crippen LogP contribution in [0.25, 0.3) is 0 Å². The van der Waals surface area contributed by atoms with Crippen molar-refractivity contribution in [1.29, 1.82) is 0 Å². The van der Waals surface area contributed by atoms with Crippen LogP contribution < -0.4 is 16.4 Å². The molecule has 2 aromatic rings. The van der Waals surface area contributed by atoms with Gasteiger partial charge >= 0.3 is 0 Å². The maximum absolute atomic E-state index is 12.7. The van der Waals surface area contributed by atoms with Gasteiger partial charge in [0.1, 0.15) is 5.82 Å². The third-order valence-electron chi connectivity index (χ3n) is 4.61. The van der Waals surface area contributed by atoms with Gasteiger partial charge in [-0.05, 0) is 43.2 Å². The summed E-state index contributed by atoms with van der Waals surface area (Å²) < 4.78 is 5.34. The quantitative estimate of drug-likeness (QED) is 0.762. The van der Waals surface area contributed by atoms with Crippen LogP contribution in [-0.4, -0.2) is 36.6 Å². The second-order valence-electron chi connectivity index (χ2n) is 6.30. The summed E-state index contributed by atoms with van der Waals surface area (Å²) in [6.45, 7) is 1.32. The first kappa shape index (κ1) is 18.0. The first-order valence-electron chi connectivity index (χ1n) is 8.55. The molecule has 2 amide bonds. The van der Waals surface area contributed by atoms with Gasteiger partial charge in [-0.2, -0.15) is 0 Å². The molecule has 1 saturated heterocycles. The van der Waals surface area contributed by atoms with E-state index >= 15 is 0 Å². The van der Waals surface area contributed by atoms with Crippen LogP contribution in [0.5, 0.6) is 0 Å². The van der Waals surface area contributed by atoms with Gasteiger partial charge in [0.15, 0.2) is 0 Å². The first-order chi connectivity index (χ1) is 12.6. The highest BCUT2D eigenvalue weighted by Crippen LogP contribution is 2.31. The Morgan fingerprint density at radius 1 is 1.12 bits per heavy atom. The Morgan fingerprint density at radius 2 is 1.92 bits per heavy atom. The molecule has 4 N–H and O–H groups in total. The Hall–Kier alpha value is -2.77. The minimum atomic E-state index is -0.621. The number of rotatable bonds is 5. The smallest absolute Gasteiger partial charge is 0.256 e. The number of anilines is 2. The molecule has 26 heavy (non-hydrogen) atoms. The van der Waals surface area contributed by atoms with Crippen LogP contribution >= 0.6 is 0 Å². The summed E-state index contributed by atoms with van der Waals surface area (Å²) in [7, 11) is 0. The SMILES string of the molecule is NCC1(C(=O)Nc2cccc(C(=O)Nc3ccccn3)c2)CCOCC1. The van der Waals surface area contributed by atoms with Crippen molar-refractivity contribution in [3.05, 3.63) is 54.2 Å². The summed E-state index contributed by atoms with van der Waals surface area (Å²) in [6.07, 6.45) is 2.79. The normalized spacial score (nSPS) is 15.9. The van der Waals surface area contributed by atoms with Gasteiger partial charge in [-0.1, -0.05) is 12.1 Å². The number of nitrogens with zero attached hydrogens (tertiary/aromatic N) is 1. The van der Waals surface area contributed by atoms with Gasteiger partial charge in [0.25, 0.3) is 5.91 Å². The lowest BCUT2D eigenvalue weighted by Gasteiger charge is -2.34. The largest absolute Gasteiger partial charge is 0.381 e. The monoisotopic (exact) mass is 354 g/mol. The zero-order valence-electron chi connectivity index (χ0n) is 14.4. The number of pyridine rings is 1. The van der Waals surface area contributed by atoms with Crippen LogP contribution in [0.4, 0.5) is 11.5 Å². The van der Waals surface area contributed by atoms with Gasteiger partial charge in [-0.25, -0.2) is 4.98 Å². The van der Waals surface area contributed by atoms with Crippen LogP contribution in [0.15, 0.2) is 48.7 Å². The zero-order valence-corrected chi connectivity index (χ0v) is 14.4. The molecule has 1 fully saturated rings. The molecule has 0 unspecified atom stereocenters. The van der Waals surface area contributed by atoms with Crippen LogP contribution in [0.2, 0.25) is 0 Å². The summed E-state index contributed by atoms with van der Waals surface area (Å²) in [4.78, 5) is 29.2. The zero-order chi connectivity index (χ0) is 18.4. The fourth-order valence-corrected chi connectivity index (χ4v) is 2.91. The molecule has 0 atom stereocenters. The van der Waals surface area contributed by atoms with Crippen molar-refractivity contribution < 1.29 is 14.3 Å². The van der Waals surface area contributed by atoms with E-state index in [1.165, 1.54) is 0 Å². The number of nitrogens with one attached hydrogen (secondary N) is 2. The van der Waals surface area contributed by atoms with E-state index in [9.17, 15) is 9.59 Å². The van der Waals surface area contributed by atoms with E-state index in [2.05, 4.69) is 15.6 Å². The number of ether oxygens (including phenoxy) is 1. The Kier molecular flexibility index (Phi) is 5.60. The van der Waals surface area contributed by atoms with Crippen LogP contribution in [0.3, 0.4) is 0 Å². The standard InChI is InChI=1S/C19H22N4O3/c20-13-19(7-10-26-11-8-19)18(25)22-15-5-3-4-14(12-15)17(24)23-16-6-1-2-9-21-16/h1-6,9,12H,7-8,10-11,13,20H2,(H,22,25)(H,21,23,24). The molecule has 1 aliphatic rings. The van der Waals surface area contributed by atoms with Crippen molar-refractivity contribution in [1.82, 2.24) is 4.98 Å². The van der Waals surface area contributed by atoms with E-state index in [0.29, 0.717) is 43.1 Å². The summed E-state index contributed by atoms with van der Waals surface area (Å²) >= 11 is 0. The molecule has 1 aromatic carbocycles. The van der Waals surface area contributed by atoms with Crippen molar-refractivity contribution in [3.8, 4) is 0 Å². The molecule has 2 heterocycles. The van der Waals surface area contributed by atoms with E-state index in [1.54, 1.807) is 48.7 Å². The lowest BCUT2D eigenvalue weighted by atomic mass is 9.79. The van der Waals surface area contributed by atoms with E-state index in [0.717, 1.165) is 0 Å². The third-order valence-corrected chi connectivity index (χ3v) is 4.61. The third kappa shape index (κ3) is 4.07. The highest BCUT2D eigenvalue weighted by molar-refractivity contribution is 6.05. The Morgan fingerprint density at radius 3 is 2.62 bits per heavy atom. The Bertz CT molecular complexity index is 773. The number of hydrogen-bond acceptors (Lipinski definition) is 5. The first-order valence-corrected chi connectivity index (χ1v) is 8.55. The molecule has 1 aliphatic heterocycles. The maximum Gasteiger partial charge on any atom is 0.256 e. The summed E-state index contributed by atoms with van der Waals surface area (Å²) in [5, 5.41) is 5.61. The average Bonchev–Trinajstić information content (AvgIpc) is 2.69. The Balaban J connectivity index is 1.70. The molecule has 0 aliphatic carbocycles. The van der Waals surface area contributed by atoms with E-state index in [-0.39, 0.29) is 18.4 Å². The fraction of sp³-hybridized carbons (Fsp3) is 0.316. The van der Waals surface area contributed by atoms with Gasteiger partial charge < -0.3 is 21.1 Å². The molecule has 7 heteroatoms. The van der Waals surface area contributed by atoms with Crippen molar-refractivity contribution in [2.24, 2.45) is 11.1 Å². The summed E-state index contributed by atoms with van der Waals surface area (Å²) in [6, 6.07) is 12.1. The second kappa shape index (κ2) is 8.07. The van der Waals surface area contributed by atoms with Gasteiger partial charge in [0.05, 0.1) is 5.41 Å². The van der Waals surface area contributed by atoms with E-state index < -0.39 is 5.41 Å². The molecular formula is C19H22N4O3. The highest BCUT2D eigenvalue weighted by Gasteiger charge is 2.38. The van der Waals surface area contributed by atoms with Crippen molar-refractivity contribution >= 4 is 23.3 Å². The van der Waals surface area contributed by atoms with Crippen molar-refractivity contribution in [2.45, 2.75) is 12.8 Å². The van der Waals surface area contributed by atoms with Crippen LogP contribution in [0, 0.1) is 5.41 Å². The average molecular weight is 354 g/mol. The maximum atomic E-state index is 12.7. The van der Waals surface area contributed by atoms with Crippen LogP contribution in [-0.2, 0) is 9.53 Å². The van der Waals surface area contributed by atoms with Crippen molar-refractivity contribution in [3.63, 3.8) is 0 Å². The second-order valence-corrected chi connectivity index (χ2v) is 6.30. The Labute approximate surface area is 151 Å². The highest BCUT2D eigenvalue weighted by atomic mass is 16.5. The van der Waals surface area contributed by atoms with Gasteiger partial charge in [0, 0.05) is 37.2 Å². The number of carbonyl (C=O) groups is 2.